The molecule has 0 radical (unpaired) electrons. The van der Waals surface area contributed by atoms with Crippen LogP contribution in [0.15, 0.2) is 12.2 Å². The van der Waals surface area contributed by atoms with Gasteiger partial charge in [0.2, 0.25) is 0 Å². The van der Waals surface area contributed by atoms with Gasteiger partial charge in [-0.1, -0.05) is 0 Å². The molecule has 0 nitrogen and oxygen atoms in total. The molecule has 0 bridgehead atoms. The third kappa shape index (κ3) is 5.46. The number of alkyl halides is 2. The fourth-order valence-electron chi connectivity index (χ4n) is 0.192. The molecule has 0 aliphatic carbocycles. The van der Waals surface area contributed by atoms with Gasteiger partial charge >= 0.3 is 0 Å². The van der Waals surface area contributed by atoms with Crippen LogP contribution in [0.4, 0.5) is 17.6 Å². The lowest BCUT2D eigenvalue weighted by Gasteiger charge is -1.98. The van der Waals surface area contributed by atoms with Crippen molar-refractivity contribution in [2.75, 3.05) is 0 Å². The van der Waals surface area contributed by atoms with Crippen LogP contribution in [-0.4, -0.2) is 5.92 Å². The molecule has 0 saturated heterocycles. The lowest BCUT2D eigenvalue weighted by molar-refractivity contribution is 0.0724. The topological polar surface area (TPSA) is 0 Å². The Morgan fingerprint density at radius 3 is 1.75 bits per heavy atom. The predicted molar refractivity (Wildman–Crippen MR) is 20.9 cm³/mol. The van der Waals surface area contributed by atoms with Gasteiger partial charge in [-0.3, -0.25) is 0 Å². The Kier molecular flexibility index (Phi) is 2.01. The first-order chi connectivity index (χ1) is 3.42. The molecule has 0 aliphatic heterocycles. The molecular weight excluding hydrogens is 124 g/mol. The highest BCUT2D eigenvalue weighted by Gasteiger charge is 2.18. The van der Waals surface area contributed by atoms with Gasteiger partial charge in [0.15, 0.2) is 0 Å². The zero-order valence-electron chi connectivity index (χ0n) is 4.09. The Hall–Kier alpha value is -0.540. The van der Waals surface area contributed by atoms with E-state index in [1.54, 1.807) is 0 Å². The van der Waals surface area contributed by atoms with E-state index in [9.17, 15) is 17.6 Å². The summed E-state index contributed by atoms with van der Waals surface area (Å²) in [7, 11) is 0. The van der Waals surface area contributed by atoms with E-state index in [0.29, 0.717) is 6.92 Å². The second-order valence-electron chi connectivity index (χ2n) is 1.39. The first kappa shape index (κ1) is 7.46. The van der Waals surface area contributed by atoms with Gasteiger partial charge in [0.1, 0.15) is 0 Å². The van der Waals surface area contributed by atoms with E-state index < -0.39 is 18.1 Å². The predicted octanol–water partition coefficient (Wildman–Crippen LogP) is 2.42. The largest absolute Gasteiger partial charge is 0.272 e. The monoisotopic (exact) mass is 128 g/mol. The van der Waals surface area contributed by atoms with Crippen molar-refractivity contribution in [3.63, 3.8) is 0 Å². The molecule has 8 heavy (non-hydrogen) atoms. The SMILES string of the molecule is CC(F)(F)C=C(F)F. The molecule has 0 aromatic rings. The molecule has 0 N–H and O–H groups in total. The first-order valence-corrected chi connectivity index (χ1v) is 1.83. The average molecular weight is 128 g/mol. The van der Waals surface area contributed by atoms with Crippen LogP contribution >= 0.6 is 0 Å². The second kappa shape index (κ2) is 2.15. The summed E-state index contributed by atoms with van der Waals surface area (Å²) in [5, 5.41) is 0. The average Bonchev–Trinajstić information content (AvgIpc) is 1.21. The number of halogens is 4. The van der Waals surface area contributed by atoms with Gasteiger partial charge in [0.05, 0.1) is 0 Å². The van der Waals surface area contributed by atoms with Crippen LogP contribution in [0.3, 0.4) is 0 Å². The minimum atomic E-state index is -3.39. The van der Waals surface area contributed by atoms with Crippen molar-refractivity contribution in [1.82, 2.24) is 0 Å². The third-order valence-corrected chi connectivity index (χ3v) is 0.363. The Labute approximate surface area is 43.8 Å². The van der Waals surface area contributed by atoms with Crippen molar-refractivity contribution < 1.29 is 17.6 Å². The highest BCUT2D eigenvalue weighted by atomic mass is 19.3. The number of rotatable bonds is 1. The van der Waals surface area contributed by atoms with Crippen molar-refractivity contribution in [3.8, 4) is 0 Å². The molecule has 0 rings (SSSR count). The molecular formula is C4H4F4. The molecule has 0 aromatic heterocycles. The van der Waals surface area contributed by atoms with Crippen LogP contribution in [0, 0.1) is 0 Å². The van der Waals surface area contributed by atoms with Gasteiger partial charge < -0.3 is 0 Å². The maximum Gasteiger partial charge on any atom is 0.272 e. The molecule has 0 aliphatic rings. The number of allylic oxidation sites excluding steroid dienone is 1. The van der Waals surface area contributed by atoms with E-state index in [2.05, 4.69) is 0 Å². The molecule has 0 amide bonds. The molecule has 0 atom stereocenters. The van der Waals surface area contributed by atoms with Gasteiger partial charge in [0.25, 0.3) is 12.0 Å². The summed E-state index contributed by atoms with van der Waals surface area (Å²) >= 11 is 0. The van der Waals surface area contributed by atoms with Crippen LogP contribution in [0.1, 0.15) is 6.92 Å². The fourth-order valence-corrected chi connectivity index (χ4v) is 0.192. The van der Waals surface area contributed by atoms with Crippen LogP contribution in [0.25, 0.3) is 0 Å². The summed E-state index contributed by atoms with van der Waals surface area (Å²) in [6, 6.07) is 0. The smallest absolute Gasteiger partial charge is 0.202 e. The van der Waals surface area contributed by atoms with Gasteiger partial charge in [-0.25, -0.2) is 8.78 Å². The summed E-state index contributed by atoms with van der Waals surface area (Å²) in [5.41, 5.74) is 0. The van der Waals surface area contributed by atoms with Gasteiger partial charge in [-0.2, -0.15) is 8.78 Å². The molecule has 0 spiro atoms. The van der Waals surface area contributed by atoms with Gasteiger partial charge in [0, 0.05) is 13.0 Å². The zero-order chi connectivity index (χ0) is 6.78. The molecule has 0 aromatic carbocycles. The van der Waals surface area contributed by atoms with Crippen molar-refractivity contribution in [2.45, 2.75) is 12.8 Å². The lowest BCUT2D eigenvalue weighted by atomic mass is 10.4. The van der Waals surface area contributed by atoms with Crippen LogP contribution < -0.4 is 0 Å². The maximum atomic E-state index is 11.4. The van der Waals surface area contributed by atoms with Crippen molar-refractivity contribution >= 4 is 0 Å². The van der Waals surface area contributed by atoms with E-state index in [4.69, 9.17) is 0 Å². The van der Waals surface area contributed by atoms with Gasteiger partial charge in [-0.05, 0) is 0 Å². The maximum absolute atomic E-state index is 11.4. The molecule has 0 fully saturated rings. The van der Waals surface area contributed by atoms with E-state index >= 15 is 0 Å². The van der Waals surface area contributed by atoms with E-state index in [0.717, 1.165) is 0 Å². The van der Waals surface area contributed by atoms with Crippen LogP contribution in [-0.2, 0) is 0 Å². The zero-order valence-corrected chi connectivity index (χ0v) is 4.09. The van der Waals surface area contributed by atoms with Crippen molar-refractivity contribution in [2.24, 2.45) is 0 Å². The van der Waals surface area contributed by atoms with E-state index in [1.165, 1.54) is 0 Å². The molecule has 48 valence electrons. The Balaban J connectivity index is 3.89. The van der Waals surface area contributed by atoms with E-state index in [1.807, 2.05) is 0 Å². The Morgan fingerprint density at radius 2 is 1.75 bits per heavy atom. The Bertz CT molecular complexity index is 95.1. The molecule has 0 saturated carbocycles. The summed E-state index contributed by atoms with van der Waals surface area (Å²) in [4.78, 5) is 0. The first-order valence-electron chi connectivity index (χ1n) is 1.83. The fraction of sp³-hybridized carbons (Fsp3) is 0.500. The summed E-state index contributed by atoms with van der Waals surface area (Å²) in [6.45, 7) is 0.395. The van der Waals surface area contributed by atoms with Crippen molar-refractivity contribution in [1.29, 1.82) is 0 Å². The van der Waals surface area contributed by atoms with Crippen LogP contribution in [0.5, 0.6) is 0 Å². The second-order valence-corrected chi connectivity index (χ2v) is 1.39. The molecule has 0 unspecified atom stereocenters. The summed E-state index contributed by atoms with van der Waals surface area (Å²) in [5.74, 6) is -3.39. The summed E-state index contributed by atoms with van der Waals surface area (Å²) < 4.78 is 44.7. The minimum absolute atomic E-state index is 0.395. The minimum Gasteiger partial charge on any atom is -0.202 e. The summed E-state index contributed by atoms with van der Waals surface area (Å²) in [6.07, 6.45) is -2.75. The lowest BCUT2D eigenvalue weighted by Crippen LogP contribution is -2.03. The van der Waals surface area contributed by atoms with Gasteiger partial charge in [-0.15, -0.1) is 0 Å². The third-order valence-electron chi connectivity index (χ3n) is 0.363. The Morgan fingerprint density at radius 1 is 1.38 bits per heavy atom. The molecule has 4 heteroatoms. The number of hydrogen-bond acceptors (Lipinski definition) is 0. The highest BCUT2D eigenvalue weighted by molar-refractivity contribution is 4.91. The molecule has 0 heterocycles. The standard InChI is InChI=1S/C4H4F4/c1-4(7,8)2-3(5)6/h2H,1H3. The number of hydrogen-bond donors (Lipinski definition) is 0. The van der Waals surface area contributed by atoms with Crippen molar-refractivity contribution in [3.05, 3.63) is 12.2 Å². The van der Waals surface area contributed by atoms with E-state index in [-0.39, 0.29) is 0 Å². The highest BCUT2D eigenvalue weighted by Crippen LogP contribution is 2.16. The van der Waals surface area contributed by atoms with Crippen LogP contribution in [0.2, 0.25) is 0 Å². The quantitative estimate of drug-likeness (QED) is 0.475. The normalized spacial score (nSPS) is 11.1.